The highest BCUT2D eigenvalue weighted by Gasteiger charge is 2.57. The quantitative estimate of drug-likeness (QED) is 0.580. The van der Waals surface area contributed by atoms with Gasteiger partial charge in [0.25, 0.3) is 0 Å². The third-order valence-corrected chi connectivity index (χ3v) is 2.18. The van der Waals surface area contributed by atoms with Crippen LogP contribution in [0.25, 0.3) is 0 Å². The standard InChI is InChI=1S/C10H15NO2/c1-9(2,3)13-8(12)7-5-10(7,4)6-11/h7H,5H2,1-4H3/t7-,10+/m0/s1. The fourth-order valence-electron chi connectivity index (χ4n) is 1.21. The van der Waals surface area contributed by atoms with Crippen LogP contribution in [0.15, 0.2) is 0 Å². The highest BCUT2D eigenvalue weighted by atomic mass is 16.6. The summed E-state index contributed by atoms with van der Waals surface area (Å²) in [5.41, 5.74) is -0.918. The summed E-state index contributed by atoms with van der Waals surface area (Å²) in [5.74, 6) is -0.451. The smallest absolute Gasteiger partial charge is 0.311 e. The summed E-state index contributed by atoms with van der Waals surface area (Å²) in [6.07, 6.45) is 0.637. The van der Waals surface area contributed by atoms with Crippen LogP contribution in [0.5, 0.6) is 0 Å². The second kappa shape index (κ2) is 2.73. The van der Waals surface area contributed by atoms with Gasteiger partial charge in [-0.3, -0.25) is 4.79 Å². The Morgan fingerprint density at radius 3 is 2.46 bits per heavy atom. The first kappa shape index (κ1) is 10.0. The fraction of sp³-hybridized carbons (Fsp3) is 0.800. The molecule has 0 saturated heterocycles. The van der Waals surface area contributed by atoms with Gasteiger partial charge in [-0.2, -0.15) is 5.26 Å². The summed E-state index contributed by atoms with van der Waals surface area (Å²) in [6.45, 7) is 7.28. The van der Waals surface area contributed by atoms with E-state index in [1.807, 2.05) is 20.8 Å². The summed E-state index contributed by atoms with van der Waals surface area (Å²) >= 11 is 0. The number of hydrogen-bond acceptors (Lipinski definition) is 3. The van der Waals surface area contributed by atoms with Gasteiger partial charge in [0.15, 0.2) is 0 Å². The van der Waals surface area contributed by atoms with Gasteiger partial charge in [-0.1, -0.05) is 0 Å². The lowest BCUT2D eigenvalue weighted by Gasteiger charge is -2.19. The highest BCUT2D eigenvalue weighted by Crippen LogP contribution is 2.52. The van der Waals surface area contributed by atoms with E-state index in [0.29, 0.717) is 6.42 Å². The van der Waals surface area contributed by atoms with E-state index in [1.54, 1.807) is 6.92 Å². The van der Waals surface area contributed by atoms with Crippen molar-refractivity contribution in [2.45, 2.75) is 39.7 Å². The Morgan fingerprint density at radius 2 is 2.15 bits per heavy atom. The van der Waals surface area contributed by atoms with Crippen LogP contribution < -0.4 is 0 Å². The molecule has 0 spiro atoms. The van der Waals surface area contributed by atoms with Gasteiger partial charge in [0.2, 0.25) is 0 Å². The Bertz CT molecular complexity index is 272. The minimum atomic E-state index is -0.470. The number of hydrogen-bond donors (Lipinski definition) is 0. The summed E-state index contributed by atoms with van der Waals surface area (Å²) < 4.78 is 5.17. The molecule has 72 valence electrons. The van der Waals surface area contributed by atoms with Crippen LogP contribution in [0.4, 0.5) is 0 Å². The van der Waals surface area contributed by atoms with Crippen molar-refractivity contribution in [3.8, 4) is 6.07 Å². The van der Waals surface area contributed by atoms with E-state index in [1.165, 1.54) is 0 Å². The van der Waals surface area contributed by atoms with Crippen LogP contribution in [0.3, 0.4) is 0 Å². The number of carbonyl (C=O) groups is 1. The maximum absolute atomic E-state index is 11.4. The number of nitriles is 1. The zero-order valence-electron chi connectivity index (χ0n) is 8.55. The lowest BCUT2D eigenvalue weighted by molar-refractivity contribution is -0.157. The topological polar surface area (TPSA) is 50.1 Å². The molecule has 0 bridgehead atoms. The monoisotopic (exact) mass is 181 g/mol. The van der Waals surface area contributed by atoms with Crippen molar-refractivity contribution in [1.29, 1.82) is 5.26 Å². The Hall–Kier alpha value is -1.04. The van der Waals surface area contributed by atoms with E-state index < -0.39 is 11.0 Å². The van der Waals surface area contributed by atoms with Crippen LogP contribution >= 0.6 is 0 Å². The SMILES string of the molecule is CC(C)(C)OC(=O)[C@@H]1C[C@]1(C)C#N. The zero-order chi connectivity index (χ0) is 10.3. The average Bonchev–Trinajstić information content (AvgIpc) is 2.60. The minimum Gasteiger partial charge on any atom is -0.460 e. The van der Waals surface area contributed by atoms with Crippen LogP contribution in [0, 0.1) is 22.7 Å². The lowest BCUT2D eigenvalue weighted by atomic mass is 10.1. The molecule has 0 N–H and O–H groups in total. The van der Waals surface area contributed by atoms with Gasteiger partial charge < -0.3 is 4.74 Å². The van der Waals surface area contributed by atoms with Crippen molar-refractivity contribution >= 4 is 5.97 Å². The van der Waals surface area contributed by atoms with Crippen LogP contribution in [0.1, 0.15) is 34.1 Å². The third kappa shape index (κ3) is 2.21. The Kier molecular flexibility index (Phi) is 2.11. The van der Waals surface area contributed by atoms with E-state index in [9.17, 15) is 4.79 Å². The van der Waals surface area contributed by atoms with Gasteiger partial charge in [-0.25, -0.2) is 0 Å². The van der Waals surface area contributed by atoms with Gasteiger partial charge in [0.05, 0.1) is 17.4 Å². The summed E-state index contributed by atoms with van der Waals surface area (Å²) in [5, 5.41) is 8.73. The maximum atomic E-state index is 11.4. The molecule has 3 heteroatoms. The van der Waals surface area contributed by atoms with Gasteiger partial charge in [0.1, 0.15) is 5.60 Å². The number of ether oxygens (including phenoxy) is 1. The molecule has 1 saturated carbocycles. The number of rotatable bonds is 1. The summed E-state index contributed by atoms with van der Waals surface area (Å²) in [6, 6.07) is 2.13. The van der Waals surface area contributed by atoms with E-state index in [2.05, 4.69) is 6.07 Å². The van der Waals surface area contributed by atoms with Gasteiger partial charge in [0, 0.05) is 0 Å². The number of carbonyl (C=O) groups excluding carboxylic acids is 1. The van der Waals surface area contributed by atoms with E-state index in [0.717, 1.165) is 0 Å². The molecule has 1 fully saturated rings. The molecule has 0 aromatic carbocycles. The lowest BCUT2D eigenvalue weighted by Crippen LogP contribution is -2.25. The Labute approximate surface area is 78.7 Å². The Balaban J connectivity index is 2.51. The average molecular weight is 181 g/mol. The number of nitrogens with zero attached hydrogens (tertiary/aromatic N) is 1. The molecule has 1 aliphatic carbocycles. The third-order valence-electron chi connectivity index (χ3n) is 2.18. The van der Waals surface area contributed by atoms with Crippen molar-refractivity contribution in [3.05, 3.63) is 0 Å². The first-order valence-electron chi connectivity index (χ1n) is 4.43. The van der Waals surface area contributed by atoms with Crippen molar-refractivity contribution < 1.29 is 9.53 Å². The van der Waals surface area contributed by atoms with Gasteiger partial charge >= 0.3 is 5.97 Å². The van der Waals surface area contributed by atoms with Crippen LogP contribution in [-0.4, -0.2) is 11.6 Å². The summed E-state index contributed by atoms with van der Waals surface area (Å²) in [7, 11) is 0. The first-order chi connectivity index (χ1) is 5.78. The molecule has 13 heavy (non-hydrogen) atoms. The highest BCUT2D eigenvalue weighted by molar-refractivity contribution is 5.78. The molecule has 3 nitrogen and oxygen atoms in total. The second-order valence-electron chi connectivity index (χ2n) is 4.82. The summed E-state index contributed by atoms with van der Waals surface area (Å²) in [4.78, 5) is 11.4. The van der Waals surface area contributed by atoms with E-state index in [4.69, 9.17) is 10.00 Å². The van der Waals surface area contributed by atoms with Crippen LogP contribution in [0.2, 0.25) is 0 Å². The molecule has 1 rings (SSSR count). The molecule has 0 aliphatic heterocycles. The predicted molar refractivity (Wildman–Crippen MR) is 47.7 cm³/mol. The number of esters is 1. The maximum Gasteiger partial charge on any atom is 0.311 e. The first-order valence-corrected chi connectivity index (χ1v) is 4.43. The predicted octanol–water partition coefficient (Wildman–Crippen LogP) is 1.88. The molecular formula is C10H15NO2. The molecule has 0 amide bonds. The molecule has 2 atom stereocenters. The molecular weight excluding hydrogens is 166 g/mol. The normalized spacial score (nSPS) is 32.1. The molecule has 1 aliphatic rings. The van der Waals surface area contributed by atoms with Crippen LogP contribution in [-0.2, 0) is 9.53 Å². The van der Waals surface area contributed by atoms with Crippen molar-refractivity contribution in [1.82, 2.24) is 0 Å². The second-order valence-corrected chi connectivity index (χ2v) is 4.82. The molecule has 0 unspecified atom stereocenters. The molecule has 0 heterocycles. The fourth-order valence-corrected chi connectivity index (χ4v) is 1.21. The largest absolute Gasteiger partial charge is 0.460 e. The van der Waals surface area contributed by atoms with E-state index in [-0.39, 0.29) is 11.9 Å². The molecule has 0 aromatic rings. The Morgan fingerprint density at radius 1 is 1.62 bits per heavy atom. The zero-order valence-corrected chi connectivity index (χ0v) is 8.55. The molecule has 0 radical (unpaired) electrons. The minimum absolute atomic E-state index is 0.211. The van der Waals surface area contributed by atoms with Gasteiger partial charge in [-0.05, 0) is 34.1 Å². The van der Waals surface area contributed by atoms with Crippen molar-refractivity contribution in [2.24, 2.45) is 11.3 Å². The van der Waals surface area contributed by atoms with Crippen molar-refractivity contribution in [2.75, 3.05) is 0 Å². The van der Waals surface area contributed by atoms with Crippen molar-refractivity contribution in [3.63, 3.8) is 0 Å². The van der Waals surface area contributed by atoms with E-state index >= 15 is 0 Å². The van der Waals surface area contributed by atoms with Gasteiger partial charge in [-0.15, -0.1) is 0 Å². The molecule has 0 aromatic heterocycles.